The van der Waals surface area contributed by atoms with E-state index >= 15 is 0 Å². The molecule has 0 amide bonds. The molecule has 14 heavy (non-hydrogen) atoms. The summed E-state index contributed by atoms with van der Waals surface area (Å²) in [7, 11) is 0. The lowest BCUT2D eigenvalue weighted by Crippen LogP contribution is -2.04. The van der Waals surface area contributed by atoms with Crippen LogP contribution in [0.25, 0.3) is 0 Å². The van der Waals surface area contributed by atoms with E-state index in [-0.39, 0.29) is 0 Å². The van der Waals surface area contributed by atoms with Gasteiger partial charge in [0.05, 0.1) is 0 Å². The summed E-state index contributed by atoms with van der Waals surface area (Å²) in [6.45, 7) is 0.915. The topological polar surface area (TPSA) is 12.0 Å². The van der Waals surface area contributed by atoms with Gasteiger partial charge in [-0.3, -0.25) is 0 Å². The zero-order valence-electron chi connectivity index (χ0n) is 8.24. The summed E-state index contributed by atoms with van der Waals surface area (Å²) in [4.78, 5) is 0. The van der Waals surface area contributed by atoms with Crippen molar-refractivity contribution in [1.29, 1.82) is 0 Å². The molecule has 0 saturated carbocycles. The molecule has 72 valence electrons. The highest BCUT2D eigenvalue weighted by Gasteiger charge is 1.97. The standard InChI is InChI=1S/C13H15N/c1-2-6-12(7-3-1)10-14-11-13-8-4-5-9-13/h1-4,6-8,11,14H,5,9-10H2/b13-11+. The minimum atomic E-state index is 0.915. The Hall–Kier alpha value is -1.50. The fourth-order valence-corrected chi connectivity index (χ4v) is 1.58. The lowest BCUT2D eigenvalue weighted by atomic mass is 10.2. The molecule has 1 aromatic rings. The number of nitrogens with one attached hydrogen (secondary N) is 1. The highest BCUT2D eigenvalue weighted by atomic mass is 14.8. The molecule has 2 rings (SSSR count). The predicted molar refractivity (Wildman–Crippen MR) is 59.7 cm³/mol. The van der Waals surface area contributed by atoms with Crippen molar-refractivity contribution < 1.29 is 0 Å². The Labute approximate surface area is 85.2 Å². The van der Waals surface area contributed by atoms with Crippen LogP contribution in [0.3, 0.4) is 0 Å². The maximum absolute atomic E-state index is 3.33. The van der Waals surface area contributed by atoms with Crippen LogP contribution in [0.1, 0.15) is 18.4 Å². The average molecular weight is 185 g/mol. The fourth-order valence-electron chi connectivity index (χ4n) is 1.58. The third kappa shape index (κ3) is 2.49. The lowest BCUT2D eigenvalue weighted by Gasteiger charge is -2.01. The summed E-state index contributed by atoms with van der Waals surface area (Å²) in [5, 5.41) is 3.33. The molecule has 1 heteroatoms. The van der Waals surface area contributed by atoms with Gasteiger partial charge in [-0.25, -0.2) is 0 Å². The molecule has 0 spiro atoms. The summed E-state index contributed by atoms with van der Waals surface area (Å²) in [6, 6.07) is 10.5. The van der Waals surface area contributed by atoms with Gasteiger partial charge in [-0.2, -0.15) is 0 Å². The van der Waals surface area contributed by atoms with Crippen LogP contribution in [-0.2, 0) is 6.54 Å². The van der Waals surface area contributed by atoms with Crippen LogP contribution in [0.5, 0.6) is 0 Å². The Morgan fingerprint density at radius 1 is 1.21 bits per heavy atom. The van der Waals surface area contributed by atoms with E-state index in [4.69, 9.17) is 0 Å². The monoisotopic (exact) mass is 185 g/mol. The molecule has 0 fully saturated rings. The van der Waals surface area contributed by atoms with E-state index in [2.05, 4.69) is 47.9 Å². The Morgan fingerprint density at radius 2 is 2.07 bits per heavy atom. The zero-order valence-corrected chi connectivity index (χ0v) is 8.24. The van der Waals surface area contributed by atoms with E-state index in [0.29, 0.717) is 0 Å². The van der Waals surface area contributed by atoms with Crippen molar-refractivity contribution in [1.82, 2.24) is 5.32 Å². The molecule has 1 aromatic carbocycles. The van der Waals surface area contributed by atoms with Crippen molar-refractivity contribution in [2.24, 2.45) is 0 Å². The molecule has 0 saturated heterocycles. The van der Waals surface area contributed by atoms with Crippen LogP contribution in [-0.4, -0.2) is 0 Å². The lowest BCUT2D eigenvalue weighted by molar-refractivity contribution is 0.856. The van der Waals surface area contributed by atoms with Crippen molar-refractivity contribution in [3.05, 3.63) is 59.8 Å². The molecular weight excluding hydrogens is 170 g/mol. The first-order valence-corrected chi connectivity index (χ1v) is 5.08. The highest BCUT2D eigenvalue weighted by molar-refractivity contribution is 5.24. The van der Waals surface area contributed by atoms with Gasteiger partial charge in [-0.05, 0) is 30.2 Å². The number of benzene rings is 1. The van der Waals surface area contributed by atoms with Gasteiger partial charge >= 0.3 is 0 Å². The second-order valence-corrected chi connectivity index (χ2v) is 3.53. The van der Waals surface area contributed by atoms with Crippen LogP contribution < -0.4 is 5.32 Å². The smallest absolute Gasteiger partial charge is 0.0395 e. The molecule has 0 atom stereocenters. The summed E-state index contributed by atoms with van der Waals surface area (Å²) in [5.41, 5.74) is 2.73. The summed E-state index contributed by atoms with van der Waals surface area (Å²) in [6.07, 6.45) is 8.91. The molecule has 1 N–H and O–H groups in total. The zero-order chi connectivity index (χ0) is 9.64. The highest BCUT2D eigenvalue weighted by Crippen LogP contribution is 2.14. The SMILES string of the molecule is C1=C/C(=C\NCc2ccccc2)CC1. The Balaban J connectivity index is 1.83. The first kappa shape index (κ1) is 9.07. The van der Waals surface area contributed by atoms with E-state index in [1.54, 1.807) is 0 Å². The maximum Gasteiger partial charge on any atom is 0.0395 e. The van der Waals surface area contributed by atoms with Crippen LogP contribution in [0.2, 0.25) is 0 Å². The molecular formula is C13H15N. The number of hydrogen-bond acceptors (Lipinski definition) is 1. The normalized spacial score (nSPS) is 17.6. The molecule has 0 aromatic heterocycles. The van der Waals surface area contributed by atoms with Crippen molar-refractivity contribution in [3.63, 3.8) is 0 Å². The minimum absolute atomic E-state index is 0.915. The quantitative estimate of drug-likeness (QED) is 0.763. The third-order valence-electron chi connectivity index (χ3n) is 2.37. The van der Waals surface area contributed by atoms with Crippen molar-refractivity contribution in [3.8, 4) is 0 Å². The van der Waals surface area contributed by atoms with Gasteiger partial charge in [0.2, 0.25) is 0 Å². The summed E-state index contributed by atoms with van der Waals surface area (Å²) in [5.74, 6) is 0. The van der Waals surface area contributed by atoms with Gasteiger partial charge in [-0.15, -0.1) is 0 Å². The van der Waals surface area contributed by atoms with Crippen LogP contribution in [0, 0.1) is 0 Å². The first-order chi connectivity index (χ1) is 6.95. The van der Waals surface area contributed by atoms with Crippen LogP contribution >= 0.6 is 0 Å². The molecule has 0 unspecified atom stereocenters. The Morgan fingerprint density at radius 3 is 2.79 bits per heavy atom. The average Bonchev–Trinajstić information content (AvgIpc) is 2.72. The molecule has 1 nitrogen and oxygen atoms in total. The van der Waals surface area contributed by atoms with Crippen molar-refractivity contribution >= 4 is 0 Å². The van der Waals surface area contributed by atoms with Crippen LogP contribution in [0.4, 0.5) is 0 Å². The van der Waals surface area contributed by atoms with Gasteiger partial charge in [0.15, 0.2) is 0 Å². The molecule has 0 aliphatic heterocycles. The molecule has 0 radical (unpaired) electrons. The Kier molecular flexibility index (Phi) is 3.02. The van der Waals surface area contributed by atoms with Gasteiger partial charge in [-0.1, -0.05) is 42.5 Å². The molecule has 1 aliphatic carbocycles. The van der Waals surface area contributed by atoms with E-state index in [1.165, 1.54) is 24.0 Å². The number of rotatable bonds is 3. The van der Waals surface area contributed by atoms with Gasteiger partial charge in [0, 0.05) is 6.54 Å². The van der Waals surface area contributed by atoms with E-state index < -0.39 is 0 Å². The van der Waals surface area contributed by atoms with Gasteiger partial charge < -0.3 is 5.32 Å². The van der Waals surface area contributed by atoms with Crippen molar-refractivity contribution in [2.75, 3.05) is 0 Å². The molecule has 0 bridgehead atoms. The minimum Gasteiger partial charge on any atom is -0.387 e. The van der Waals surface area contributed by atoms with Crippen molar-refractivity contribution in [2.45, 2.75) is 19.4 Å². The Bertz CT molecular complexity index is 336. The number of allylic oxidation sites excluding steroid dienone is 3. The van der Waals surface area contributed by atoms with Crippen LogP contribution in [0.15, 0.2) is 54.3 Å². The van der Waals surface area contributed by atoms with Gasteiger partial charge in [0.1, 0.15) is 0 Å². The van der Waals surface area contributed by atoms with E-state index in [9.17, 15) is 0 Å². The third-order valence-corrected chi connectivity index (χ3v) is 2.37. The second-order valence-electron chi connectivity index (χ2n) is 3.53. The predicted octanol–water partition coefficient (Wildman–Crippen LogP) is 3.01. The van der Waals surface area contributed by atoms with E-state index in [0.717, 1.165) is 6.54 Å². The molecule has 1 aliphatic rings. The fraction of sp³-hybridized carbons (Fsp3) is 0.231. The summed E-state index contributed by atoms with van der Waals surface area (Å²) < 4.78 is 0. The summed E-state index contributed by atoms with van der Waals surface area (Å²) >= 11 is 0. The maximum atomic E-state index is 3.33. The number of hydrogen-bond donors (Lipinski definition) is 1. The van der Waals surface area contributed by atoms with E-state index in [1.807, 2.05) is 6.07 Å². The largest absolute Gasteiger partial charge is 0.387 e. The molecule has 0 heterocycles. The van der Waals surface area contributed by atoms with Gasteiger partial charge in [0.25, 0.3) is 0 Å². The second kappa shape index (κ2) is 4.66. The first-order valence-electron chi connectivity index (χ1n) is 5.08.